The Hall–Kier alpha value is -2.77. The van der Waals surface area contributed by atoms with Crippen molar-refractivity contribution in [3.63, 3.8) is 0 Å². The Bertz CT molecular complexity index is 687. The van der Waals surface area contributed by atoms with Gasteiger partial charge in [-0.05, 0) is 12.1 Å². The van der Waals surface area contributed by atoms with Crippen LogP contribution in [0.5, 0.6) is 5.75 Å². The predicted octanol–water partition coefficient (Wildman–Crippen LogP) is 2.93. The number of nitrogens with two attached hydrogens (primary N) is 1. The number of pyridine rings is 1. The van der Waals surface area contributed by atoms with E-state index < -0.39 is 18.1 Å². The Morgan fingerprint density at radius 2 is 1.90 bits per heavy atom. The fourth-order valence-corrected chi connectivity index (χ4v) is 1.71. The molecule has 1 heterocycles. The molecule has 0 spiro atoms. The van der Waals surface area contributed by atoms with Gasteiger partial charge in [-0.25, -0.2) is 9.78 Å². The van der Waals surface area contributed by atoms with E-state index in [-0.39, 0.29) is 22.5 Å². The Kier molecular flexibility index (Phi) is 3.70. The van der Waals surface area contributed by atoms with Crippen molar-refractivity contribution in [2.75, 3.05) is 5.73 Å². The van der Waals surface area contributed by atoms with Gasteiger partial charge in [0.15, 0.2) is 0 Å². The van der Waals surface area contributed by atoms with Gasteiger partial charge in [0.05, 0.1) is 5.56 Å². The Balaban J connectivity index is 2.56. The summed E-state index contributed by atoms with van der Waals surface area (Å²) in [4.78, 5) is 14.6. The minimum Gasteiger partial charge on any atom is -0.478 e. The van der Waals surface area contributed by atoms with Gasteiger partial charge in [0.1, 0.15) is 11.6 Å². The van der Waals surface area contributed by atoms with E-state index in [9.17, 15) is 18.0 Å². The van der Waals surface area contributed by atoms with Crippen LogP contribution in [0.4, 0.5) is 19.0 Å². The molecule has 110 valence electrons. The highest BCUT2D eigenvalue weighted by Gasteiger charge is 2.32. The SMILES string of the molecule is Nc1ncc(C(=O)O)cc1-c1ccccc1OC(F)(F)F. The monoisotopic (exact) mass is 298 g/mol. The van der Waals surface area contributed by atoms with Crippen molar-refractivity contribution in [1.29, 1.82) is 0 Å². The highest BCUT2D eigenvalue weighted by Crippen LogP contribution is 2.36. The van der Waals surface area contributed by atoms with Crippen LogP contribution in [0, 0.1) is 0 Å². The van der Waals surface area contributed by atoms with Crippen LogP contribution in [0.25, 0.3) is 11.1 Å². The average Bonchev–Trinajstić information content (AvgIpc) is 2.38. The van der Waals surface area contributed by atoms with Gasteiger partial charge >= 0.3 is 12.3 Å². The number of aromatic nitrogens is 1. The summed E-state index contributed by atoms with van der Waals surface area (Å²) in [6.45, 7) is 0. The van der Waals surface area contributed by atoms with E-state index in [4.69, 9.17) is 10.8 Å². The third-order valence-corrected chi connectivity index (χ3v) is 2.57. The number of hydrogen-bond acceptors (Lipinski definition) is 4. The highest BCUT2D eigenvalue weighted by atomic mass is 19.4. The molecule has 1 aromatic heterocycles. The summed E-state index contributed by atoms with van der Waals surface area (Å²) in [5, 5.41) is 8.91. The zero-order valence-electron chi connectivity index (χ0n) is 10.4. The third-order valence-electron chi connectivity index (χ3n) is 2.57. The summed E-state index contributed by atoms with van der Waals surface area (Å²) in [5.74, 6) is -1.85. The van der Waals surface area contributed by atoms with Crippen molar-refractivity contribution in [1.82, 2.24) is 4.98 Å². The van der Waals surface area contributed by atoms with E-state index in [1.54, 1.807) is 0 Å². The van der Waals surface area contributed by atoms with Crippen LogP contribution in [0.1, 0.15) is 10.4 Å². The van der Waals surface area contributed by atoms with Crippen molar-refractivity contribution < 1.29 is 27.8 Å². The zero-order valence-corrected chi connectivity index (χ0v) is 10.4. The maximum absolute atomic E-state index is 12.4. The average molecular weight is 298 g/mol. The number of nitrogens with zero attached hydrogens (tertiary/aromatic N) is 1. The minimum atomic E-state index is -4.87. The molecule has 0 saturated heterocycles. The third kappa shape index (κ3) is 3.41. The van der Waals surface area contributed by atoms with Crippen LogP contribution in [0.2, 0.25) is 0 Å². The molecule has 3 N–H and O–H groups in total. The van der Waals surface area contributed by atoms with Gasteiger partial charge in [0.25, 0.3) is 0 Å². The summed E-state index contributed by atoms with van der Waals surface area (Å²) in [6, 6.07) is 6.42. The van der Waals surface area contributed by atoms with Gasteiger partial charge < -0.3 is 15.6 Å². The number of nitrogen functional groups attached to an aromatic ring is 1. The summed E-state index contributed by atoms with van der Waals surface area (Å²) in [5.41, 5.74) is 5.47. The van der Waals surface area contributed by atoms with Gasteiger partial charge in [-0.2, -0.15) is 0 Å². The van der Waals surface area contributed by atoms with Crippen LogP contribution < -0.4 is 10.5 Å². The number of carboxylic acid groups (broad SMARTS) is 1. The molecule has 0 aliphatic heterocycles. The van der Waals surface area contributed by atoms with Gasteiger partial charge in [0.2, 0.25) is 0 Å². The van der Waals surface area contributed by atoms with Crippen molar-refractivity contribution >= 4 is 11.8 Å². The molecule has 0 unspecified atom stereocenters. The molecule has 0 aliphatic carbocycles. The van der Waals surface area contributed by atoms with Gasteiger partial charge in [0, 0.05) is 17.3 Å². The molecule has 0 aliphatic rings. The van der Waals surface area contributed by atoms with E-state index in [1.807, 2.05) is 0 Å². The topological polar surface area (TPSA) is 85.4 Å². The first kappa shape index (κ1) is 14.6. The molecule has 21 heavy (non-hydrogen) atoms. The number of alkyl halides is 3. The largest absolute Gasteiger partial charge is 0.573 e. The lowest BCUT2D eigenvalue weighted by Gasteiger charge is -2.14. The number of rotatable bonds is 3. The predicted molar refractivity (Wildman–Crippen MR) is 67.7 cm³/mol. The van der Waals surface area contributed by atoms with E-state index >= 15 is 0 Å². The van der Waals surface area contributed by atoms with Gasteiger partial charge in [-0.15, -0.1) is 13.2 Å². The molecule has 1 aromatic carbocycles. The van der Waals surface area contributed by atoms with E-state index in [2.05, 4.69) is 9.72 Å². The Morgan fingerprint density at radius 1 is 1.24 bits per heavy atom. The standard InChI is InChI=1S/C13H9F3N2O3/c14-13(15,16)21-10-4-2-1-3-8(10)9-5-7(12(19)20)6-18-11(9)17/h1-6H,(H2,17,18)(H,19,20). The summed E-state index contributed by atoms with van der Waals surface area (Å²) >= 11 is 0. The fraction of sp³-hybridized carbons (Fsp3) is 0.0769. The minimum absolute atomic E-state index is 0.00271. The number of carbonyl (C=O) groups is 1. The molecule has 0 amide bonds. The second kappa shape index (κ2) is 5.31. The first-order valence-corrected chi connectivity index (χ1v) is 5.62. The molecular weight excluding hydrogens is 289 g/mol. The summed E-state index contributed by atoms with van der Waals surface area (Å²) < 4.78 is 41.1. The van der Waals surface area contributed by atoms with Gasteiger partial charge in [-0.3, -0.25) is 0 Å². The van der Waals surface area contributed by atoms with Crippen LogP contribution in [-0.2, 0) is 0 Å². The van der Waals surface area contributed by atoms with Crippen LogP contribution >= 0.6 is 0 Å². The summed E-state index contributed by atoms with van der Waals surface area (Å²) in [6.07, 6.45) is -3.85. The highest BCUT2D eigenvalue weighted by molar-refractivity contribution is 5.91. The molecule has 0 fully saturated rings. The smallest absolute Gasteiger partial charge is 0.478 e. The fourth-order valence-electron chi connectivity index (χ4n) is 1.71. The Morgan fingerprint density at radius 3 is 2.52 bits per heavy atom. The van der Waals surface area contributed by atoms with Crippen LogP contribution in [0.3, 0.4) is 0 Å². The lowest BCUT2D eigenvalue weighted by molar-refractivity contribution is -0.274. The molecule has 0 saturated carbocycles. The molecule has 2 aromatic rings. The quantitative estimate of drug-likeness (QED) is 0.910. The first-order chi connectivity index (χ1) is 9.78. The molecule has 0 radical (unpaired) electrons. The molecule has 8 heteroatoms. The number of aromatic carboxylic acids is 1. The van der Waals surface area contributed by atoms with E-state index in [0.717, 1.165) is 18.3 Å². The van der Waals surface area contributed by atoms with Gasteiger partial charge in [-0.1, -0.05) is 18.2 Å². The molecule has 0 bridgehead atoms. The second-order valence-electron chi connectivity index (χ2n) is 4.01. The van der Waals surface area contributed by atoms with Crippen molar-refractivity contribution in [3.05, 3.63) is 42.1 Å². The van der Waals surface area contributed by atoms with Crippen LogP contribution in [0.15, 0.2) is 36.5 Å². The number of halogens is 3. The van der Waals surface area contributed by atoms with Crippen molar-refractivity contribution in [2.24, 2.45) is 0 Å². The number of hydrogen-bond donors (Lipinski definition) is 2. The number of ether oxygens (including phenoxy) is 1. The lowest BCUT2D eigenvalue weighted by atomic mass is 10.0. The molecule has 2 rings (SSSR count). The van der Waals surface area contributed by atoms with Crippen molar-refractivity contribution in [2.45, 2.75) is 6.36 Å². The summed E-state index contributed by atoms with van der Waals surface area (Å²) in [7, 11) is 0. The lowest BCUT2D eigenvalue weighted by Crippen LogP contribution is -2.17. The number of para-hydroxylation sites is 1. The Labute approximate surface area is 116 Å². The first-order valence-electron chi connectivity index (χ1n) is 5.62. The van der Waals surface area contributed by atoms with E-state index in [0.29, 0.717) is 0 Å². The molecule has 0 atom stereocenters. The van der Waals surface area contributed by atoms with E-state index in [1.165, 1.54) is 18.2 Å². The maximum atomic E-state index is 12.4. The van der Waals surface area contributed by atoms with Crippen molar-refractivity contribution in [3.8, 4) is 16.9 Å². The molecule has 5 nitrogen and oxygen atoms in total. The number of carboxylic acids is 1. The molecular formula is C13H9F3N2O3. The zero-order chi connectivity index (χ0) is 15.6. The maximum Gasteiger partial charge on any atom is 0.573 e. The second-order valence-corrected chi connectivity index (χ2v) is 4.01. The number of benzene rings is 1. The number of anilines is 1. The van der Waals surface area contributed by atoms with Crippen LogP contribution in [-0.4, -0.2) is 22.4 Å². The normalized spacial score (nSPS) is 11.2.